The van der Waals surface area contributed by atoms with Gasteiger partial charge in [0, 0.05) is 31.1 Å². The first-order valence-electron chi connectivity index (χ1n) is 6.14. The second kappa shape index (κ2) is 6.70. The molecule has 1 aromatic carbocycles. The lowest BCUT2D eigenvalue weighted by atomic mass is 10.1. The molecule has 0 aliphatic rings. The van der Waals surface area contributed by atoms with Gasteiger partial charge < -0.3 is 15.2 Å². The number of nitrogens with one attached hydrogen (secondary N) is 1. The number of methoxy groups -OCH3 is 1. The number of rotatable bonds is 6. The first kappa shape index (κ1) is 13.3. The zero-order valence-corrected chi connectivity index (χ0v) is 10.8. The van der Waals surface area contributed by atoms with Crippen LogP contribution in [-0.4, -0.2) is 35.3 Å². The zero-order valence-electron chi connectivity index (χ0n) is 10.8. The molecule has 0 fully saturated rings. The molecule has 0 saturated carbocycles. The first-order valence-corrected chi connectivity index (χ1v) is 6.14. The van der Waals surface area contributed by atoms with Gasteiger partial charge in [-0.2, -0.15) is 0 Å². The molecule has 1 heterocycles. The van der Waals surface area contributed by atoms with Crippen molar-refractivity contribution in [2.45, 2.75) is 6.42 Å². The van der Waals surface area contributed by atoms with Crippen LogP contribution in [0.4, 0.5) is 5.95 Å². The molecule has 0 saturated heterocycles. The number of ether oxygens (including phenoxy) is 1. The van der Waals surface area contributed by atoms with Crippen LogP contribution in [0.3, 0.4) is 0 Å². The molecule has 0 aliphatic carbocycles. The number of aliphatic hydroxyl groups is 1. The molecular formula is C14H17N3O2. The second-order valence-electron chi connectivity index (χ2n) is 4.03. The Morgan fingerprint density at radius 3 is 2.37 bits per heavy atom. The fraction of sp³-hybridized carbons (Fsp3) is 0.286. The van der Waals surface area contributed by atoms with Gasteiger partial charge in [-0.1, -0.05) is 12.1 Å². The summed E-state index contributed by atoms with van der Waals surface area (Å²) in [6.45, 7) is 0.829. The third kappa shape index (κ3) is 3.66. The molecule has 19 heavy (non-hydrogen) atoms. The number of hydrogen-bond acceptors (Lipinski definition) is 5. The Morgan fingerprint density at radius 2 is 1.79 bits per heavy atom. The Labute approximate surface area is 112 Å². The molecule has 100 valence electrons. The van der Waals surface area contributed by atoms with Gasteiger partial charge >= 0.3 is 0 Å². The van der Waals surface area contributed by atoms with Gasteiger partial charge in [0.2, 0.25) is 5.95 Å². The van der Waals surface area contributed by atoms with Gasteiger partial charge in [-0.3, -0.25) is 0 Å². The predicted octanol–water partition coefficient (Wildman–Crippen LogP) is 1.95. The fourth-order valence-corrected chi connectivity index (χ4v) is 1.63. The molecule has 5 nitrogen and oxygen atoms in total. The molecule has 1 aromatic heterocycles. The van der Waals surface area contributed by atoms with E-state index in [2.05, 4.69) is 15.3 Å². The Hall–Kier alpha value is -2.14. The smallest absolute Gasteiger partial charge is 0.222 e. The van der Waals surface area contributed by atoms with Crippen molar-refractivity contribution in [3.8, 4) is 16.9 Å². The maximum atomic E-state index is 8.69. The van der Waals surface area contributed by atoms with Crippen LogP contribution >= 0.6 is 0 Å². The summed E-state index contributed by atoms with van der Waals surface area (Å²) >= 11 is 0. The van der Waals surface area contributed by atoms with Gasteiger partial charge in [0.15, 0.2) is 0 Å². The van der Waals surface area contributed by atoms with Crippen molar-refractivity contribution in [1.82, 2.24) is 9.97 Å². The lowest BCUT2D eigenvalue weighted by Gasteiger charge is -2.05. The van der Waals surface area contributed by atoms with Crippen molar-refractivity contribution in [1.29, 1.82) is 0 Å². The lowest BCUT2D eigenvalue weighted by molar-refractivity contribution is 0.292. The van der Waals surface area contributed by atoms with Crippen LogP contribution in [0.2, 0.25) is 0 Å². The molecule has 0 bridgehead atoms. The van der Waals surface area contributed by atoms with E-state index in [-0.39, 0.29) is 6.61 Å². The maximum Gasteiger partial charge on any atom is 0.222 e. The topological polar surface area (TPSA) is 67.3 Å². The molecule has 0 unspecified atom stereocenters. The van der Waals surface area contributed by atoms with E-state index in [1.807, 2.05) is 24.3 Å². The summed E-state index contributed by atoms with van der Waals surface area (Å²) in [5.74, 6) is 1.40. The molecule has 2 aromatic rings. The van der Waals surface area contributed by atoms with Crippen molar-refractivity contribution in [3.05, 3.63) is 36.7 Å². The third-order valence-electron chi connectivity index (χ3n) is 2.69. The van der Waals surface area contributed by atoms with Crippen molar-refractivity contribution in [2.24, 2.45) is 0 Å². The highest BCUT2D eigenvalue weighted by molar-refractivity contribution is 5.62. The zero-order chi connectivity index (χ0) is 13.5. The van der Waals surface area contributed by atoms with Crippen molar-refractivity contribution >= 4 is 5.95 Å². The van der Waals surface area contributed by atoms with Crippen molar-refractivity contribution < 1.29 is 9.84 Å². The first-order chi connectivity index (χ1) is 9.33. The highest BCUT2D eigenvalue weighted by atomic mass is 16.5. The minimum Gasteiger partial charge on any atom is -0.497 e. The molecule has 5 heteroatoms. The normalized spacial score (nSPS) is 10.2. The summed E-state index contributed by atoms with van der Waals surface area (Å²) in [5, 5.41) is 11.7. The van der Waals surface area contributed by atoms with E-state index in [4.69, 9.17) is 9.84 Å². The van der Waals surface area contributed by atoms with Crippen LogP contribution in [-0.2, 0) is 0 Å². The lowest BCUT2D eigenvalue weighted by Crippen LogP contribution is -2.06. The third-order valence-corrected chi connectivity index (χ3v) is 2.69. The Kier molecular flexibility index (Phi) is 4.69. The SMILES string of the molecule is COc1ccc(-c2cnc(NCCCO)nc2)cc1. The number of aromatic nitrogens is 2. The van der Waals surface area contributed by atoms with Gasteiger partial charge in [-0.25, -0.2) is 9.97 Å². The summed E-state index contributed by atoms with van der Waals surface area (Å²) in [5.41, 5.74) is 2.00. The quantitative estimate of drug-likeness (QED) is 0.776. The summed E-state index contributed by atoms with van der Waals surface area (Å²) < 4.78 is 5.12. The second-order valence-corrected chi connectivity index (χ2v) is 4.03. The van der Waals surface area contributed by atoms with E-state index in [9.17, 15) is 0 Å². The van der Waals surface area contributed by atoms with E-state index < -0.39 is 0 Å². The molecular weight excluding hydrogens is 242 g/mol. The highest BCUT2D eigenvalue weighted by Crippen LogP contribution is 2.21. The average molecular weight is 259 g/mol. The predicted molar refractivity (Wildman–Crippen MR) is 74.2 cm³/mol. The highest BCUT2D eigenvalue weighted by Gasteiger charge is 2.00. The summed E-state index contributed by atoms with van der Waals surface area (Å²) in [6.07, 6.45) is 4.23. The monoisotopic (exact) mass is 259 g/mol. The fourth-order valence-electron chi connectivity index (χ4n) is 1.63. The number of hydrogen-bond donors (Lipinski definition) is 2. The molecule has 0 amide bonds. The van der Waals surface area contributed by atoms with Crippen molar-refractivity contribution in [2.75, 3.05) is 25.6 Å². The standard InChI is InChI=1S/C14H17N3O2/c1-19-13-5-3-11(4-6-13)12-9-16-14(17-10-12)15-7-2-8-18/h3-6,9-10,18H,2,7-8H2,1H3,(H,15,16,17). The maximum absolute atomic E-state index is 8.69. The average Bonchev–Trinajstić information content (AvgIpc) is 2.48. The molecule has 0 radical (unpaired) electrons. The molecule has 0 spiro atoms. The van der Waals surface area contributed by atoms with Gasteiger partial charge in [-0.05, 0) is 24.1 Å². The summed E-state index contributed by atoms with van der Waals surface area (Å²) in [7, 11) is 1.64. The van der Waals surface area contributed by atoms with Crippen LogP contribution < -0.4 is 10.1 Å². The molecule has 0 atom stereocenters. The summed E-state index contributed by atoms with van der Waals surface area (Å²) in [6, 6.07) is 7.75. The Balaban J connectivity index is 2.04. The van der Waals surface area contributed by atoms with Crippen LogP contribution in [0.5, 0.6) is 5.75 Å². The van der Waals surface area contributed by atoms with E-state index in [1.165, 1.54) is 0 Å². The Bertz CT molecular complexity index is 497. The summed E-state index contributed by atoms with van der Waals surface area (Å²) in [4.78, 5) is 8.47. The van der Waals surface area contributed by atoms with Gasteiger partial charge in [0.05, 0.1) is 7.11 Å². The molecule has 2 N–H and O–H groups in total. The minimum absolute atomic E-state index is 0.164. The number of nitrogens with zero attached hydrogens (tertiary/aromatic N) is 2. The van der Waals surface area contributed by atoms with E-state index in [1.54, 1.807) is 19.5 Å². The van der Waals surface area contributed by atoms with E-state index >= 15 is 0 Å². The Morgan fingerprint density at radius 1 is 1.11 bits per heavy atom. The minimum atomic E-state index is 0.164. The largest absolute Gasteiger partial charge is 0.497 e. The number of aliphatic hydroxyl groups excluding tert-OH is 1. The van der Waals surface area contributed by atoms with E-state index in [0.717, 1.165) is 16.9 Å². The van der Waals surface area contributed by atoms with Gasteiger partial charge in [0.25, 0.3) is 0 Å². The van der Waals surface area contributed by atoms with Crippen molar-refractivity contribution in [3.63, 3.8) is 0 Å². The number of benzene rings is 1. The van der Waals surface area contributed by atoms with Gasteiger partial charge in [0.1, 0.15) is 5.75 Å². The molecule has 0 aliphatic heterocycles. The van der Waals surface area contributed by atoms with Crippen LogP contribution in [0, 0.1) is 0 Å². The van der Waals surface area contributed by atoms with E-state index in [0.29, 0.717) is 18.9 Å². The van der Waals surface area contributed by atoms with Gasteiger partial charge in [-0.15, -0.1) is 0 Å². The number of anilines is 1. The van der Waals surface area contributed by atoms with Crippen LogP contribution in [0.15, 0.2) is 36.7 Å². The van der Waals surface area contributed by atoms with Crippen LogP contribution in [0.1, 0.15) is 6.42 Å². The molecule has 2 rings (SSSR count). The van der Waals surface area contributed by atoms with Crippen LogP contribution in [0.25, 0.3) is 11.1 Å².